The van der Waals surface area contributed by atoms with Gasteiger partial charge in [0.25, 0.3) is 0 Å². The second kappa shape index (κ2) is 7.81. The highest BCUT2D eigenvalue weighted by Crippen LogP contribution is 2.14. The second-order valence-corrected chi connectivity index (χ2v) is 7.81. The van der Waals surface area contributed by atoms with Gasteiger partial charge in [-0.15, -0.1) is 11.3 Å². The molecular weight excluding hydrogens is 312 g/mol. The Morgan fingerprint density at radius 3 is 2.39 bits per heavy atom. The van der Waals surface area contributed by atoms with Crippen LogP contribution >= 0.6 is 11.3 Å². The first-order valence-electron chi connectivity index (χ1n) is 8.13. The molecule has 1 aliphatic rings. The molecular formula is C17H26N2O3S. The molecule has 1 saturated heterocycles. The molecule has 23 heavy (non-hydrogen) atoms. The molecule has 0 radical (unpaired) electrons. The maximum Gasteiger partial charge on any atom is 0.410 e. The molecule has 1 aliphatic heterocycles. The fourth-order valence-electron chi connectivity index (χ4n) is 2.49. The van der Waals surface area contributed by atoms with E-state index in [-0.39, 0.29) is 12.0 Å². The monoisotopic (exact) mass is 338 g/mol. The van der Waals surface area contributed by atoms with Gasteiger partial charge in [-0.2, -0.15) is 0 Å². The van der Waals surface area contributed by atoms with Gasteiger partial charge in [-0.1, -0.05) is 6.07 Å². The van der Waals surface area contributed by atoms with Crippen LogP contribution in [0, 0.1) is 0 Å². The number of carbonyl (C=O) groups is 2. The van der Waals surface area contributed by atoms with Crippen LogP contribution in [0.3, 0.4) is 0 Å². The minimum atomic E-state index is -0.480. The summed E-state index contributed by atoms with van der Waals surface area (Å²) in [6.07, 6.45) is 2.12. The Labute approximate surface area is 142 Å². The Morgan fingerprint density at radius 2 is 1.83 bits per heavy atom. The molecule has 6 heteroatoms. The first-order chi connectivity index (χ1) is 10.8. The van der Waals surface area contributed by atoms with Crippen molar-refractivity contribution in [2.75, 3.05) is 26.2 Å². The largest absolute Gasteiger partial charge is 0.444 e. The zero-order valence-electron chi connectivity index (χ0n) is 14.2. The quantitative estimate of drug-likeness (QED) is 0.847. The molecule has 0 saturated carbocycles. The van der Waals surface area contributed by atoms with Gasteiger partial charge in [0.15, 0.2) is 0 Å². The van der Waals surface area contributed by atoms with Gasteiger partial charge in [-0.25, -0.2) is 4.79 Å². The Hall–Kier alpha value is -1.56. The number of thiophene rings is 1. The smallest absolute Gasteiger partial charge is 0.410 e. The fraction of sp³-hybridized carbons (Fsp3) is 0.647. The second-order valence-electron chi connectivity index (χ2n) is 6.78. The van der Waals surface area contributed by atoms with Gasteiger partial charge in [-0.05, 0) is 45.1 Å². The van der Waals surface area contributed by atoms with Gasteiger partial charge in [0.05, 0.1) is 0 Å². The van der Waals surface area contributed by atoms with Gasteiger partial charge in [0.2, 0.25) is 5.91 Å². The average molecular weight is 338 g/mol. The molecule has 0 bridgehead atoms. The number of hydrogen-bond donors (Lipinski definition) is 0. The average Bonchev–Trinajstić information content (AvgIpc) is 2.99. The molecule has 2 amide bonds. The van der Waals surface area contributed by atoms with E-state index in [4.69, 9.17) is 4.74 Å². The maximum atomic E-state index is 12.2. The molecule has 5 nitrogen and oxygen atoms in total. The van der Waals surface area contributed by atoms with Gasteiger partial charge in [-0.3, -0.25) is 4.79 Å². The summed E-state index contributed by atoms with van der Waals surface area (Å²) in [7, 11) is 0. The molecule has 2 heterocycles. The number of rotatable bonds is 4. The van der Waals surface area contributed by atoms with E-state index in [0.29, 0.717) is 32.6 Å². The van der Waals surface area contributed by atoms with Gasteiger partial charge >= 0.3 is 6.09 Å². The summed E-state index contributed by atoms with van der Waals surface area (Å²) in [6, 6.07) is 4.15. The lowest BCUT2D eigenvalue weighted by Gasteiger charge is -2.35. The van der Waals surface area contributed by atoms with Crippen LogP contribution in [0.1, 0.15) is 38.5 Å². The summed E-state index contributed by atoms with van der Waals surface area (Å²) in [5, 5.41) is 2.06. The molecule has 1 aromatic heterocycles. The Bertz CT molecular complexity index is 514. The summed E-state index contributed by atoms with van der Waals surface area (Å²) >= 11 is 1.74. The van der Waals surface area contributed by atoms with Crippen molar-refractivity contribution in [2.45, 2.75) is 45.6 Å². The third-order valence-corrected chi connectivity index (χ3v) is 4.61. The van der Waals surface area contributed by atoms with Gasteiger partial charge in [0, 0.05) is 37.5 Å². The topological polar surface area (TPSA) is 49.9 Å². The van der Waals surface area contributed by atoms with E-state index >= 15 is 0 Å². The Balaban J connectivity index is 1.69. The van der Waals surface area contributed by atoms with Crippen molar-refractivity contribution in [3.63, 3.8) is 0 Å². The first kappa shape index (κ1) is 17.8. The molecule has 128 valence electrons. The van der Waals surface area contributed by atoms with Gasteiger partial charge in [0.1, 0.15) is 5.60 Å². The Kier molecular flexibility index (Phi) is 6.04. The molecule has 1 fully saturated rings. The number of carbonyl (C=O) groups excluding carboxylic acids is 2. The van der Waals surface area contributed by atoms with Crippen LogP contribution in [0.5, 0.6) is 0 Å². The Morgan fingerprint density at radius 1 is 1.17 bits per heavy atom. The predicted octanol–water partition coefficient (Wildman–Crippen LogP) is 3.15. The number of hydrogen-bond acceptors (Lipinski definition) is 4. The van der Waals surface area contributed by atoms with E-state index in [2.05, 4.69) is 11.4 Å². The number of nitrogens with zero attached hydrogens (tertiary/aromatic N) is 2. The van der Waals surface area contributed by atoms with E-state index in [9.17, 15) is 9.59 Å². The SMILES string of the molecule is CC(C)(C)OC(=O)N1CCN(C(=O)CCCc2cccs2)CC1. The van der Waals surface area contributed by atoms with E-state index in [1.807, 2.05) is 31.7 Å². The van der Waals surface area contributed by atoms with E-state index < -0.39 is 5.60 Å². The summed E-state index contributed by atoms with van der Waals surface area (Å²) < 4.78 is 5.36. The van der Waals surface area contributed by atoms with Crippen LogP contribution in [0.25, 0.3) is 0 Å². The molecule has 0 N–H and O–H groups in total. The minimum absolute atomic E-state index is 0.186. The van der Waals surface area contributed by atoms with Crippen molar-refractivity contribution in [2.24, 2.45) is 0 Å². The lowest BCUT2D eigenvalue weighted by molar-refractivity contribution is -0.133. The van der Waals surface area contributed by atoms with Crippen LogP contribution in [-0.2, 0) is 16.0 Å². The van der Waals surface area contributed by atoms with Crippen molar-refractivity contribution >= 4 is 23.3 Å². The number of ether oxygens (including phenoxy) is 1. The van der Waals surface area contributed by atoms with Crippen molar-refractivity contribution in [3.05, 3.63) is 22.4 Å². The number of aryl methyl sites for hydroxylation is 1. The van der Waals surface area contributed by atoms with Gasteiger partial charge < -0.3 is 14.5 Å². The molecule has 1 aromatic rings. The fourth-order valence-corrected chi connectivity index (χ4v) is 3.24. The van der Waals surface area contributed by atoms with Crippen molar-refractivity contribution < 1.29 is 14.3 Å². The standard InChI is InChI=1S/C17H26N2O3S/c1-17(2,3)22-16(21)19-11-9-18(10-12-19)15(20)8-4-6-14-7-5-13-23-14/h5,7,13H,4,6,8-12H2,1-3H3. The van der Waals surface area contributed by atoms with Crippen molar-refractivity contribution in [3.8, 4) is 0 Å². The van der Waals surface area contributed by atoms with Crippen LogP contribution < -0.4 is 0 Å². The zero-order valence-corrected chi connectivity index (χ0v) is 15.0. The van der Waals surface area contributed by atoms with Crippen LogP contribution in [0.2, 0.25) is 0 Å². The molecule has 2 rings (SSSR count). The highest BCUT2D eigenvalue weighted by Gasteiger charge is 2.27. The normalized spacial score (nSPS) is 15.6. The summed E-state index contributed by atoms with van der Waals surface area (Å²) in [5.74, 6) is 0.186. The molecule has 0 aromatic carbocycles. The van der Waals surface area contributed by atoms with Crippen LogP contribution in [0.15, 0.2) is 17.5 Å². The zero-order chi connectivity index (χ0) is 16.9. The lowest BCUT2D eigenvalue weighted by Crippen LogP contribution is -2.51. The van der Waals surface area contributed by atoms with Crippen LogP contribution in [0.4, 0.5) is 4.79 Å². The highest BCUT2D eigenvalue weighted by molar-refractivity contribution is 7.09. The molecule has 0 unspecified atom stereocenters. The summed E-state index contributed by atoms with van der Waals surface area (Å²) in [5.41, 5.74) is -0.480. The lowest BCUT2D eigenvalue weighted by atomic mass is 10.2. The van der Waals surface area contributed by atoms with Crippen LogP contribution in [-0.4, -0.2) is 53.6 Å². The third kappa shape index (κ3) is 5.86. The minimum Gasteiger partial charge on any atom is -0.444 e. The highest BCUT2D eigenvalue weighted by atomic mass is 32.1. The number of amides is 2. The van der Waals surface area contributed by atoms with Crippen molar-refractivity contribution in [1.82, 2.24) is 9.80 Å². The van der Waals surface area contributed by atoms with E-state index in [0.717, 1.165) is 12.8 Å². The number of piperazine rings is 1. The molecule has 0 atom stereocenters. The van der Waals surface area contributed by atoms with Crippen molar-refractivity contribution in [1.29, 1.82) is 0 Å². The maximum absolute atomic E-state index is 12.2. The molecule has 0 aliphatic carbocycles. The summed E-state index contributed by atoms with van der Waals surface area (Å²) in [4.78, 5) is 29.1. The molecule has 0 spiro atoms. The first-order valence-corrected chi connectivity index (χ1v) is 9.01. The summed E-state index contributed by atoms with van der Waals surface area (Å²) in [6.45, 7) is 7.86. The van der Waals surface area contributed by atoms with E-state index in [1.165, 1.54) is 4.88 Å². The van der Waals surface area contributed by atoms with E-state index in [1.54, 1.807) is 16.2 Å². The predicted molar refractivity (Wildman–Crippen MR) is 91.6 cm³/mol. The third-order valence-electron chi connectivity index (χ3n) is 3.68.